The van der Waals surface area contributed by atoms with Crippen LogP contribution >= 0.6 is 23.2 Å². The molecule has 92 valence electrons. The lowest BCUT2D eigenvalue weighted by molar-refractivity contribution is 0.103. The molecule has 0 N–H and O–H groups in total. The van der Waals surface area contributed by atoms with Gasteiger partial charge in [-0.15, -0.1) is 0 Å². The maximum atomic E-state index is 12.2. The lowest BCUT2D eigenvalue weighted by atomic mass is 10.0. The molecule has 0 saturated heterocycles. The zero-order valence-corrected chi connectivity index (χ0v) is 11.1. The van der Waals surface area contributed by atoms with Crippen molar-refractivity contribution in [2.45, 2.75) is 0 Å². The van der Waals surface area contributed by atoms with Crippen LogP contribution in [0.25, 0.3) is 0 Å². The Kier molecular flexibility index (Phi) is 3.90. The first kappa shape index (κ1) is 12.9. The van der Waals surface area contributed by atoms with E-state index in [-0.39, 0.29) is 5.78 Å². The lowest BCUT2D eigenvalue weighted by Gasteiger charge is -2.06. The molecule has 2 aromatic rings. The van der Waals surface area contributed by atoms with Crippen molar-refractivity contribution in [3.8, 4) is 5.75 Å². The van der Waals surface area contributed by atoms with Gasteiger partial charge in [0.15, 0.2) is 5.78 Å². The van der Waals surface area contributed by atoms with E-state index in [9.17, 15) is 4.79 Å². The number of hydrogen-bond donors (Lipinski definition) is 0. The van der Waals surface area contributed by atoms with Gasteiger partial charge in [-0.3, -0.25) is 4.79 Å². The van der Waals surface area contributed by atoms with Crippen LogP contribution in [0.1, 0.15) is 15.9 Å². The summed E-state index contributed by atoms with van der Waals surface area (Å²) in [5, 5.41) is 1.07. The van der Waals surface area contributed by atoms with E-state index in [0.29, 0.717) is 26.9 Å². The molecule has 2 rings (SSSR count). The minimum atomic E-state index is -0.0957. The van der Waals surface area contributed by atoms with Crippen LogP contribution < -0.4 is 4.74 Å². The zero-order valence-electron chi connectivity index (χ0n) is 9.61. The summed E-state index contributed by atoms with van der Waals surface area (Å²) in [6, 6.07) is 11.7. The molecular formula is C14H10Cl2O2. The molecule has 4 heteroatoms. The van der Waals surface area contributed by atoms with Crippen LogP contribution in [0.2, 0.25) is 10.0 Å². The van der Waals surface area contributed by atoms with Gasteiger partial charge in [0, 0.05) is 16.1 Å². The number of carbonyl (C=O) groups is 1. The van der Waals surface area contributed by atoms with Crippen molar-refractivity contribution in [3.05, 3.63) is 63.6 Å². The van der Waals surface area contributed by atoms with E-state index in [2.05, 4.69) is 0 Å². The molecule has 18 heavy (non-hydrogen) atoms. The number of carbonyl (C=O) groups excluding carboxylic acids is 1. The summed E-state index contributed by atoms with van der Waals surface area (Å²) >= 11 is 11.7. The highest BCUT2D eigenvalue weighted by Gasteiger charge is 2.11. The third-order valence-electron chi connectivity index (χ3n) is 2.52. The van der Waals surface area contributed by atoms with Crippen LogP contribution in [-0.4, -0.2) is 12.9 Å². The summed E-state index contributed by atoms with van der Waals surface area (Å²) in [5.74, 6) is 0.387. The highest BCUT2D eigenvalue weighted by atomic mass is 35.5. The first-order valence-electron chi connectivity index (χ1n) is 5.25. The summed E-state index contributed by atoms with van der Waals surface area (Å²) in [6.07, 6.45) is 0. The number of ketones is 1. The van der Waals surface area contributed by atoms with Crippen molar-refractivity contribution in [1.29, 1.82) is 0 Å². The third-order valence-corrected chi connectivity index (χ3v) is 3.08. The maximum absolute atomic E-state index is 12.2. The average molecular weight is 281 g/mol. The zero-order chi connectivity index (χ0) is 13.1. The van der Waals surface area contributed by atoms with Gasteiger partial charge in [-0.1, -0.05) is 23.2 Å². The van der Waals surface area contributed by atoms with Gasteiger partial charge in [-0.25, -0.2) is 0 Å². The van der Waals surface area contributed by atoms with Crippen molar-refractivity contribution >= 4 is 29.0 Å². The maximum Gasteiger partial charge on any atom is 0.193 e. The first-order chi connectivity index (χ1) is 8.61. The van der Waals surface area contributed by atoms with Gasteiger partial charge in [-0.05, 0) is 42.5 Å². The quantitative estimate of drug-likeness (QED) is 0.787. The summed E-state index contributed by atoms with van der Waals surface area (Å²) < 4.78 is 5.09. The van der Waals surface area contributed by atoms with Gasteiger partial charge in [0.25, 0.3) is 0 Å². The minimum absolute atomic E-state index is 0.0957. The van der Waals surface area contributed by atoms with Crippen LogP contribution in [0, 0.1) is 0 Å². The molecule has 0 fully saturated rings. The Labute approximate surface area is 115 Å². The second-order valence-corrected chi connectivity index (χ2v) is 4.53. The summed E-state index contributed by atoms with van der Waals surface area (Å²) in [6.45, 7) is 0. The van der Waals surface area contributed by atoms with Crippen LogP contribution in [0.15, 0.2) is 42.5 Å². The van der Waals surface area contributed by atoms with Crippen LogP contribution in [-0.2, 0) is 0 Å². The smallest absolute Gasteiger partial charge is 0.193 e. The molecule has 0 amide bonds. The summed E-state index contributed by atoms with van der Waals surface area (Å²) in [5.41, 5.74) is 1.10. The standard InChI is InChI=1S/C14H10Cl2O2/c1-18-13-8-10(4-7-12(13)16)14(17)9-2-5-11(15)6-3-9/h2-8H,1H3. The number of benzene rings is 2. The fourth-order valence-corrected chi connectivity index (χ4v) is 1.89. The number of rotatable bonds is 3. The molecule has 0 radical (unpaired) electrons. The minimum Gasteiger partial charge on any atom is -0.495 e. The Hall–Kier alpha value is -1.51. The van der Waals surface area contributed by atoms with E-state index in [1.54, 1.807) is 42.5 Å². The second kappa shape index (κ2) is 5.42. The molecule has 0 saturated carbocycles. The van der Waals surface area contributed by atoms with Crippen molar-refractivity contribution < 1.29 is 9.53 Å². The average Bonchev–Trinajstić information content (AvgIpc) is 2.39. The van der Waals surface area contributed by atoms with Crippen molar-refractivity contribution in [2.75, 3.05) is 7.11 Å². The van der Waals surface area contributed by atoms with Gasteiger partial charge < -0.3 is 4.74 Å². The van der Waals surface area contributed by atoms with Crippen molar-refractivity contribution in [2.24, 2.45) is 0 Å². The van der Waals surface area contributed by atoms with E-state index < -0.39 is 0 Å². The van der Waals surface area contributed by atoms with E-state index in [4.69, 9.17) is 27.9 Å². The van der Waals surface area contributed by atoms with E-state index >= 15 is 0 Å². The predicted octanol–water partition coefficient (Wildman–Crippen LogP) is 4.23. The molecule has 0 aromatic heterocycles. The number of methoxy groups -OCH3 is 1. The molecule has 0 bridgehead atoms. The molecule has 0 atom stereocenters. The summed E-state index contributed by atoms with van der Waals surface area (Å²) in [7, 11) is 1.51. The Morgan fingerprint density at radius 2 is 1.61 bits per heavy atom. The van der Waals surface area contributed by atoms with Gasteiger partial charge in [0.2, 0.25) is 0 Å². The number of halogens is 2. The largest absolute Gasteiger partial charge is 0.495 e. The predicted molar refractivity (Wildman–Crippen MR) is 72.9 cm³/mol. The van der Waals surface area contributed by atoms with Gasteiger partial charge in [-0.2, -0.15) is 0 Å². The van der Waals surface area contributed by atoms with E-state index in [1.807, 2.05) is 0 Å². The normalized spacial score (nSPS) is 10.2. The molecule has 0 aliphatic carbocycles. The second-order valence-electron chi connectivity index (χ2n) is 3.69. The molecule has 2 aromatic carbocycles. The fraction of sp³-hybridized carbons (Fsp3) is 0.0714. The van der Waals surface area contributed by atoms with Crippen LogP contribution in [0.3, 0.4) is 0 Å². The Morgan fingerprint density at radius 1 is 1.00 bits per heavy atom. The first-order valence-corrected chi connectivity index (χ1v) is 6.01. The topological polar surface area (TPSA) is 26.3 Å². The van der Waals surface area contributed by atoms with Crippen LogP contribution in [0.5, 0.6) is 5.75 Å². The van der Waals surface area contributed by atoms with Gasteiger partial charge in [0.05, 0.1) is 12.1 Å². The Bertz CT molecular complexity index is 577. The Morgan fingerprint density at radius 3 is 2.22 bits per heavy atom. The highest BCUT2D eigenvalue weighted by molar-refractivity contribution is 6.32. The fourth-order valence-electron chi connectivity index (χ4n) is 1.57. The Balaban J connectivity index is 2.37. The molecular weight excluding hydrogens is 271 g/mol. The molecule has 2 nitrogen and oxygen atoms in total. The summed E-state index contributed by atoms with van der Waals surface area (Å²) in [4.78, 5) is 12.2. The number of ether oxygens (including phenoxy) is 1. The van der Waals surface area contributed by atoms with Gasteiger partial charge >= 0.3 is 0 Å². The lowest BCUT2D eigenvalue weighted by Crippen LogP contribution is -2.01. The van der Waals surface area contributed by atoms with E-state index in [1.165, 1.54) is 7.11 Å². The number of hydrogen-bond acceptors (Lipinski definition) is 2. The van der Waals surface area contributed by atoms with Crippen molar-refractivity contribution in [1.82, 2.24) is 0 Å². The molecule has 0 unspecified atom stereocenters. The van der Waals surface area contributed by atoms with Gasteiger partial charge in [0.1, 0.15) is 5.75 Å². The highest BCUT2D eigenvalue weighted by Crippen LogP contribution is 2.26. The molecule has 0 spiro atoms. The monoisotopic (exact) mass is 280 g/mol. The SMILES string of the molecule is COc1cc(C(=O)c2ccc(Cl)cc2)ccc1Cl. The molecule has 0 aliphatic rings. The molecule has 0 aliphatic heterocycles. The van der Waals surface area contributed by atoms with E-state index in [0.717, 1.165) is 0 Å². The van der Waals surface area contributed by atoms with Crippen LogP contribution in [0.4, 0.5) is 0 Å². The molecule has 0 heterocycles. The van der Waals surface area contributed by atoms with Crippen molar-refractivity contribution in [3.63, 3.8) is 0 Å². The third kappa shape index (κ3) is 2.66.